The van der Waals surface area contributed by atoms with Gasteiger partial charge in [-0.2, -0.15) is 0 Å². The first kappa shape index (κ1) is 44.9. The predicted molar refractivity (Wildman–Crippen MR) is 237 cm³/mol. The second-order valence-corrected chi connectivity index (χ2v) is 30.7. The van der Waals surface area contributed by atoms with E-state index in [9.17, 15) is 10.2 Å². The van der Waals surface area contributed by atoms with Gasteiger partial charge in [-0.15, -0.1) is 23.8 Å². The van der Waals surface area contributed by atoms with E-state index in [0.717, 1.165) is 0 Å². The quantitative estimate of drug-likeness (QED) is 0.115. The maximum atomic E-state index is 10.8. The zero-order valence-electron chi connectivity index (χ0n) is 34.6. The summed E-state index contributed by atoms with van der Waals surface area (Å²) < 4.78 is 13.5. The van der Waals surface area contributed by atoms with Gasteiger partial charge in [0.05, 0.1) is 25.4 Å². The summed E-state index contributed by atoms with van der Waals surface area (Å²) in [5, 5.41) is 25.9. The lowest BCUT2D eigenvalue weighted by Gasteiger charge is -2.43. The molecular formula is C47H64O4Si3. The van der Waals surface area contributed by atoms with Crippen molar-refractivity contribution in [2.75, 3.05) is 13.2 Å². The Kier molecular flexibility index (Phi) is 16.1. The van der Waals surface area contributed by atoms with Crippen molar-refractivity contribution in [2.24, 2.45) is 11.8 Å². The van der Waals surface area contributed by atoms with Crippen molar-refractivity contribution in [3.8, 4) is 23.8 Å². The van der Waals surface area contributed by atoms with Gasteiger partial charge in [-0.05, 0) is 44.7 Å². The van der Waals surface area contributed by atoms with Crippen LogP contribution in [0.4, 0.5) is 0 Å². The summed E-state index contributed by atoms with van der Waals surface area (Å²) in [6, 6.07) is 41.9. The molecule has 0 aliphatic rings. The zero-order valence-corrected chi connectivity index (χ0v) is 37.6. The summed E-state index contributed by atoms with van der Waals surface area (Å²) in [6.45, 7) is 24.4. The van der Waals surface area contributed by atoms with Crippen LogP contribution in [0.5, 0.6) is 0 Å². The maximum Gasteiger partial charge on any atom is 0.261 e. The van der Waals surface area contributed by atoms with E-state index in [1.807, 2.05) is 38.1 Å². The lowest BCUT2D eigenvalue weighted by Crippen LogP contribution is -2.67. The molecule has 4 rings (SSSR count). The van der Waals surface area contributed by atoms with Crippen LogP contribution < -0.4 is 20.7 Å². The first-order chi connectivity index (χ1) is 25.3. The molecule has 0 radical (unpaired) electrons. The largest absolute Gasteiger partial charge is 0.405 e. The second kappa shape index (κ2) is 19.4. The summed E-state index contributed by atoms with van der Waals surface area (Å²) >= 11 is 0. The summed E-state index contributed by atoms with van der Waals surface area (Å²) in [4.78, 5) is 0. The molecule has 4 atom stereocenters. The van der Waals surface area contributed by atoms with Crippen LogP contribution in [0.3, 0.4) is 0 Å². The Balaban J connectivity index is 0.000000294. The monoisotopic (exact) mass is 776 g/mol. The van der Waals surface area contributed by atoms with Crippen molar-refractivity contribution in [1.82, 2.24) is 0 Å². The van der Waals surface area contributed by atoms with Gasteiger partial charge in [0, 0.05) is 11.8 Å². The first-order valence-corrected chi connectivity index (χ1v) is 26.5. The molecule has 7 heteroatoms. The second-order valence-electron chi connectivity index (χ2n) is 17.3. The Bertz CT molecular complexity index is 1710. The van der Waals surface area contributed by atoms with Crippen molar-refractivity contribution in [1.29, 1.82) is 0 Å². The van der Waals surface area contributed by atoms with Crippen molar-refractivity contribution < 1.29 is 19.1 Å². The number of benzene rings is 4. The molecule has 4 nitrogen and oxygen atoms in total. The third kappa shape index (κ3) is 11.3. The molecule has 0 fully saturated rings. The molecule has 0 heterocycles. The SMILES string of the molecule is C#CC(C)C(O)CO[Si](c1ccccc1)(c1ccccc1)C(C)(C)C.CC(C#C[Si](C)(C)C)C(O)CO[Si](c1ccccc1)(c1ccccc1)C(C)(C)C. The van der Waals surface area contributed by atoms with Crippen LogP contribution in [0.25, 0.3) is 0 Å². The molecule has 0 aromatic heterocycles. The highest BCUT2D eigenvalue weighted by atomic mass is 28.4. The number of terminal acetylenes is 1. The summed E-state index contributed by atoms with van der Waals surface area (Å²) in [5.41, 5.74) is 3.38. The number of aliphatic hydroxyl groups is 2. The topological polar surface area (TPSA) is 58.9 Å². The average Bonchev–Trinajstić information content (AvgIpc) is 3.14. The molecular weight excluding hydrogens is 713 g/mol. The molecule has 0 saturated heterocycles. The van der Waals surface area contributed by atoms with E-state index in [4.69, 9.17) is 15.3 Å². The third-order valence-electron chi connectivity index (χ3n) is 9.87. The van der Waals surface area contributed by atoms with Gasteiger partial charge in [0.25, 0.3) is 16.6 Å². The van der Waals surface area contributed by atoms with E-state index < -0.39 is 36.9 Å². The van der Waals surface area contributed by atoms with Gasteiger partial charge >= 0.3 is 0 Å². The Labute approximate surface area is 330 Å². The fraction of sp³-hybridized carbons (Fsp3) is 0.404. The number of rotatable bonds is 12. The van der Waals surface area contributed by atoms with Crippen molar-refractivity contribution in [3.05, 3.63) is 121 Å². The molecule has 0 saturated carbocycles. The van der Waals surface area contributed by atoms with E-state index in [1.54, 1.807) is 0 Å². The fourth-order valence-electron chi connectivity index (χ4n) is 6.77. The van der Waals surface area contributed by atoms with Gasteiger partial charge in [-0.1, -0.05) is 183 Å². The smallest absolute Gasteiger partial charge is 0.261 e. The van der Waals surface area contributed by atoms with Crippen LogP contribution in [0.1, 0.15) is 55.4 Å². The number of aliphatic hydroxyl groups excluding tert-OH is 2. The Morgan fingerprint density at radius 3 is 1.06 bits per heavy atom. The van der Waals surface area contributed by atoms with E-state index in [-0.39, 0.29) is 35.1 Å². The van der Waals surface area contributed by atoms with E-state index in [0.29, 0.717) is 0 Å². The number of hydrogen-bond acceptors (Lipinski definition) is 4. The Morgan fingerprint density at radius 2 is 0.815 bits per heavy atom. The molecule has 0 aliphatic heterocycles. The highest BCUT2D eigenvalue weighted by Gasteiger charge is 2.51. The maximum absolute atomic E-state index is 10.8. The van der Waals surface area contributed by atoms with Gasteiger partial charge in [-0.3, -0.25) is 0 Å². The zero-order chi connectivity index (χ0) is 40.2. The Hall–Kier alpha value is -3.51. The molecule has 4 unspecified atom stereocenters. The molecule has 0 spiro atoms. The van der Waals surface area contributed by atoms with Gasteiger partial charge in [0.1, 0.15) is 8.07 Å². The number of hydrogen-bond donors (Lipinski definition) is 2. The third-order valence-corrected chi connectivity index (χ3v) is 20.8. The molecule has 0 aliphatic carbocycles. The highest BCUT2D eigenvalue weighted by molar-refractivity contribution is 7.00. The highest BCUT2D eigenvalue weighted by Crippen LogP contribution is 2.38. The summed E-state index contributed by atoms with van der Waals surface area (Å²) in [7, 11) is -6.68. The van der Waals surface area contributed by atoms with Gasteiger partial charge in [-0.25, -0.2) is 0 Å². The summed E-state index contributed by atoms with van der Waals surface area (Å²) in [5.74, 6) is 5.53. The molecule has 288 valence electrons. The lowest BCUT2D eigenvalue weighted by molar-refractivity contribution is 0.0777. The molecule has 0 bridgehead atoms. The van der Waals surface area contributed by atoms with Crippen molar-refractivity contribution in [3.63, 3.8) is 0 Å². The van der Waals surface area contributed by atoms with E-state index in [1.165, 1.54) is 20.7 Å². The van der Waals surface area contributed by atoms with Crippen LogP contribution in [-0.2, 0) is 8.85 Å². The van der Waals surface area contributed by atoms with Crippen LogP contribution >= 0.6 is 0 Å². The molecule has 4 aromatic carbocycles. The fourth-order valence-corrected chi connectivity index (χ4v) is 16.6. The summed E-state index contributed by atoms with van der Waals surface area (Å²) in [6.07, 6.45) is 4.18. The molecule has 0 amide bonds. The van der Waals surface area contributed by atoms with Crippen LogP contribution in [0.15, 0.2) is 121 Å². The molecule has 4 aromatic rings. The van der Waals surface area contributed by atoms with Crippen LogP contribution in [0, 0.1) is 35.6 Å². The average molecular weight is 777 g/mol. The van der Waals surface area contributed by atoms with Crippen molar-refractivity contribution in [2.45, 2.75) is 97.3 Å². The lowest BCUT2D eigenvalue weighted by atomic mass is 10.1. The first-order valence-electron chi connectivity index (χ1n) is 19.1. The molecule has 54 heavy (non-hydrogen) atoms. The van der Waals surface area contributed by atoms with E-state index in [2.05, 4.69) is 176 Å². The minimum Gasteiger partial charge on any atom is -0.405 e. The minimum absolute atomic E-state index is 0.0946. The van der Waals surface area contributed by atoms with Gasteiger partial charge < -0.3 is 19.1 Å². The van der Waals surface area contributed by atoms with E-state index >= 15 is 0 Å². The van der Waals surface area contributed by atoms with Crippen molar-refractivity contribution >= 4 is 45.5 Å². The standard InChI is InChI=1S/C25H36O2Si2.C22H28O2Si/c1-21(18-19-28(5,6)7)24(26)20-27-29(25(2,3)4,22-14-10-8-11-15-22)23-16-12-9-13-17-23;1-6-18(2)21(23)17-24-25(22(3,4)5,19-13-9-7-10-14-19)20-15-11-8-12-16-20/h8-17,21,24,26H,20H2,1-7H3;1,7-16,18,21,23H,17H2,2-5H3. The predicted octanol–water partition coefficient (Wildman–Crippen LogP) is 7.63. The van der Waals surface area contributed by atoms with Gasteiger partial charge in [0.15, 0.2) is 0 Å². The van der Waals surface area contributed by atoms with Crippen LogP contribution in [-0.4, -0.2) is 60.3 Å². The van der Waals surface area contributed by atoms with Gasteiger partial charge in [0.2, 0.25) is 0 Å². The van der Waals surface area contributed by atoms with Crippen LogP contribution in [0.2, 0.25) is 29.7 Å². The minimum atomic E-state index is -2.62. The Morgan fingerprint density at radius 1 is 0.537 bits per heavy atom. The normalized spacial score (nSPS) is 14.6. The molecule has 2 N–H and O–H groups in total.